The molecule has 6 heteroatoms. The number of aryl methyl sites for hydroxylation is 2. The number of carbonyl (C=O) groups is 1. The van der Waals surface area contributed by atoms with Crippen molar-refractivity contribution in [3.8, 4) is 0 Å². The van der Waals surface area contributed by atoms with Gasteiger partial charge in [0.15, 0.2) is 0 Å². The number of rotatable bonds is 4. The molecule has 0 bridgehead atoms. The summed E-state index contributed by atoms with van der Waals surface area (Å²) in [5.41, 5.74) is 1.16. The molecule has 118 valence electrons. The van der Waals surface area contributed by atoms with E-state index in [4.69, 9.17) is 0 Å². The van der Waals surface area contributed by atoms with Crippen LogP contribution in [0.1, 0.15) is 34.2 Å². The van der Waals surface area contributed by atoms with Gasteiger partial charge in [-0.1, -0.05) is 12.1 Å². The summed E-state index contributed by atoms with van der Waals surface area (Å²) in [6.07, 6.45) is 0. The normalized spacial score (nSPS) is 13.7. The Morgan fingerprint density at radius 2 is 1.95 bits per heavy atom. The summed E-state index contributed by atoms with van der Waals surface area (Å²) in [4.78, 5) is 12.3. The summed E-state index contributed by atoms with van der Waals surface area (Å²) in [5.74, 6) is -0.657. The molecule has 1 atom stereocenters. The molecule has 0 fully saturated rings. The third kappa shape index (κ3) is 3.17. The lowest BCUT2D eigenvalue weighted by Crippen LogP contribution is -2.39. The summed E-state index contributed by atoms with van der Waals surface area (Å²) in [6.45, 7) is 5.17. The molecule has 2 aromatic rings. The van der Waals surface area contributed by atoms with E-state index in [2.05, 4.69) is 10.4 Å². The molecular formula is C16H20FN3O2. The molecule has 0 aliphatic carbocycles. The van der Waals surface area contributed by atoms with Crippen molar-refractivity contribution < 1.29 is 14.3 Å². The van der Waals surface area contributed by atoms with Crippen molar-refractivity contribution in [2.24, 2.45) is 7.05 Å². The fourth-order valence-electron chi connectivity index (χ4n) is 2.35. The quantitative estimate of drug-likeness (QED) is 0.905. The number of halogens is 1. The Morgan fingerprint density at radius 1 is 1.36 bits per heavy atom. The van der Waals surface area contributed by atoms with Gasteiger partial charge in [0, 0.05) is 12.7 Å². The van der Waals surface area contributed by atoms with Crippen LogP contribution in [0.15, 0.2) is 24.3 Å². The Bertz CT molecular complexity index is 690. The summed E-state index contributed by atoms with van der Waals surface area (Å²) in [5, 5.41) is 17.4. The van der Waals surface area contributed by atoms with Crippen molar-refractivity contribution in [3.63, 3.8) is 0 Å². The van der Waals surface area contributed by atoms with Gasteiger partial charge >= 0.3 is 0 Å². The molecule has 22 heavy (non-hydrogen) atoms. The number of amides is 1. The Kier molecular flexibility index (Phi) is 4.32. The van der Waals surface area contributed by atoms with Gasteiger partial charge in [-0.3, -0.25) is 9.48 Å². The van der Waals surface area contributed by atoms with Crippen molar-refractivity contribution in [2.75, 3.05) is 6.54 Å². The minimum atomic E-state index is -1.28. The molecule has 0 saturated carbocycles. The van der Waals surface area contributed by atoms with Crippen molar-refractivity contribution in [1.29, 1.82) is 0 Å². The van der Waals surface area contributed by atoms with Gasteiger partial charge in [-0.25, -0.2) is 4.39 Å². The van der Waals surface area contributed by atoms with Crippen LogP contribution < -0.4 is 5.32 Å². The van der Waals surface area contributed by atoms with E-state index in [1.165, 1.54) is 24.3 Å². The third-order valence-corrected chi connectivity index (χ3v) is 3.80. The van der Waals surface area contributed by atoms with Crippen LogP contribution >= 0.6 is 0 Å². The molecule has 0 saturated heterocycles. The van der Waals surface area contributed by atoms with E-state index in [9.17, 15) is 14.3 Å². The van der Waals surface area contributed by atoms with Gasteiger partial charge in [0.25, 0.3) is 5.91 Å². The maximum atomic E-state index is 12.9. The number of hydrogen-bond acceptors (Lipinski definition) is 3. The SMILES string of the molecule is Cc1nn(C)c(C)c1C(=O)NC[C@@](C)(O)c1ccc(F)cc1. The van der Waals surface area contributed by atoms with Crippen LogP contribution in [0.25, 0.3) is 0 Å². The van der Waals surface area contributed by atoms with Crippen molar-refractivity contribution in [3.05, 3.63) is 52.6 Å². The minimum absolute atomic E-state index is 0.0191. The number of benzene rings is 1. The number of aromatic nitrogens is 2. The summed E-state index contributed by atoms with van der Waals surface area (Å²) >= 11 is 0. The average Bonchev–Trinajstić information content (AvgIpc) is 2.70. The lowest BCUT2D eigenvalue weighted by molar-refractivity contribution is 0.0525. The minimum Gasteiger partial charge on any atom is -0.384 e. The maximum Gasteiger partial charge on any atom is 0.255 e. The second-order valence-corrected chi connectivity index (χ2v) is 5.63. The molecule has 2 N–H and O–H groups in total. The van der Waals surface area contributed by atoms with Crippen LogP contribution in [-0.4, -0.2) is 27.3 Å². The smallest absolute Gasteiger partial charge is 0.255 e. The van der Waals surface area contributed by atoms with Crippen molar-refractivity contribution in [2.45, 2.75) is 26.4 Å². The number of carbonyl (C=O) groups excluding carboxylic acids is 1. The number of nitrogens with zero attached hydrogens (tertiary/aromatic N) is 2. The van der Waals surface area contributed by atoms with E-state index in [0.717, 1.165) is 5.69 Å². The van der Waals surface area contributed by atoms with Crippen LogP contribution in [0.2, 0.25) is 0 Å². The van der Waals surface area contributed by atoms with E-state index in [1.54, 1.807) is 25.6 Å². The first-order valence-corrected chi connectivity index (χ1v) is 6.99. The zero-order chi connectivity index (χ0) is 16.5. The number of aliphatic hydroxyl groups is 1. The molecule has 0 radical (unpaired) electrons. The first kappa shape index (κ1) is 16.2. The second-order valence-electron chi connectivity index (χ2n) is 5.63. The fourth-order valence-corrected chi connectivity index (χ4v) is 2.35. The molecule has 5 nitrogen and oxygen atoms in total. The molecule has 1 heterocycles. The highest BCUT2D eigenvalue weighted by molar-refractivity contribution is 5.96. The molecule has 0 unspecified atom stereocenters. The molecule has 2 rings (SSSR count). The zero-order valence-electron chi connectivity index (χ0n) is 13.1. The van der Waals surface area contributed by atoms with Crippen LogP contribution in [0.4, 0.5) is 4.39 Å². The first-order valence-electron chi connectivity index (χ1n) is 6.99. The lowest BCUT2D eigenvalue weighted by Gasteiger charge is -2.24. The molecule has 1 amide bonds. The third-order valence-electron chi connectivity index (χ3n) is 3.80. The van der Waals surface area contributed by atoms with E-state index in [0.29, 0.717) is 16.8 Å². The highest BCUT2D eigenvalue weighted by Crippen LogP contribution is 2.20. The van der Waals surface area contributed by atoms with Gasteiger partial charge < -0.3 is 10.4 Å². The van der Waals surface area contributed by atoms with E-state index in [-0.39, 0.29) is 18.3 Å². The topological polar surface area (TPSA) is 67.2 Å². The average molecular weight is 305 g/mol. The number of nitrogens with one attached hydrogen (secondary N) is 1. The largest absolute Gasteiger partial charge is 0.384 e. The molecule has 0 aliphatic rings. The zero-order valence-corrected chi connectivity index (χ0v) is 13.1. The van der Waals surface area contributed by atoms with E-state index in [1.807, 2.05) is 6.92 Å². The summed E-state index contributed by atoms with van der Waals surface area (Å²) in [6, 6.07) is 5.56. The second kappa shape index (κ2) is 5.88. The Balaban J connectivity index is 2.11. The van der Waals surface area contributed by atoms with Gasteiger partial charge in [-0.15, -0.1) is 0 Å². The van der Waals surface area contributed by atoms with Crippen LogP contribution in [0, 0.1) is 19.7 Å². The predicted molar refractivity (Wildman–Crippen MR) is 81.0 cm³/mol. The summed E-state index contributed by atoms with van der Waals surface area (Å²) in [7, 11) is 1.77. The first-order chi connectivity index (χ1) is 10.2. The molecule has 1 aromatic heterocycles. The van der Waals surface area contributed by atoms with Gasteiger partial charge in [-0.05, 0) is 38.5 Å². The van der Waals surface area contributed by atoms with Crippen molar-refractivity contribution in [1.82, 2.24) is 15.1 Å². The van der Waals surface area contributed by atoms with Gasteiger partial charge in [0.05, 0.1) is 17.8 Å². The highest BCUT2D eigenvalue weighted by atomic mass is 19.1. The van der Waals surface area contributed by atoms with Crippen LogP contribution in [0.3, 0.4) is 0 Å². The van der Waals surface area contributed by atoms with E-state index >= 15 is 0 Å². The standard InChI is InChI=1S/C16H20FN3O2/c1-10-14(11(2)20(4)19-10)15(21)18-9-16(3,22)12-5-7-13(17)8-6-12/h5-8,22H,9H2,1-4H3,(H,18,21)/t16-/m1/s1. The van der Waals surface area contributed by atoms with Crippen molar-refractivity contribution >= 4 is 5.91 Å². The summed E-state index contributed by atoms with van der Waals surface area (Å²) < 4.78 is 14.6. The van der Waals surface area contributed by atoms with E-state index < -0.39 is 5.60 Å². The van der Waals surface area contributed by atoms with Crippen LogP contribution in [-0.2, 0) is 12.6 Å². The highest BCUT2D eigenvalue weighted by Gasteiger charge is 2.25. The maximum absolute atomic E-state index is 12.9. The Labute approximate surface area is 128 Å². The number of hydrogen-bond donors (Lipinski definition) is 2. The monoisotopic (exact) mass is 305 g/mol. The van der Waals surface area contributed by atoms with Gasteiger partial charge in [0.2, 0.25) is 0 Å². The molecule has 0 aliphatic heterocycles. The molecular weight excluding hydrogens is 285 g/mol. The van der Waals surface area contributed by atoms with Gasteiger partial charge in [0.1, 0.15) is 11.4 Å². The Morgan fingerprint density at radius 3 is 2.45 bits per heavy atom. The molecule has 1 aromatic carbocycles. The predicted octanol–water partition coefficient (Wildman–Crippen LogP) is 1.81. The molecule has 0 spiro atoms. The Hall–Kier alpha value is -2.21. The van der Waals surface area contributed by atoms with Crippen LogP contribution in [0.5, 0.6) is 0 Å². The fraction of sp³-hybridized carbons (Fsp3) is 0.375. The lowest BCUT2D eigenvalue weighted by atomic mass is 9.96. The van der Waals surface area contributed by atoms with Gasteiger partial charge in [-0.2, -0.15) is 5.10 Å².